The molecule has 0 bridgehead atoms. The highest BCUT2D eigenvalue weighted by Gasteiger charge is 2.16. The summed E-state index contributed by atoms with van der Waals surface area (Å²) in [6, 6.07) is 15.2. The predicted molar refractivity (Wildman–Crippen MR) is 117 cm³/mol. The number of guanidine groups is 1. The van der Waals surface area contributed by atoms with E-state index in [0.29, 0.717) is 18.1 Å². The minimum atomic E-state index is -0.211. The highest BCUT2D eigenvalue weighted by molar-refractivity contribution is 9.10. The van der Waals surface area contributed by atoms with Gasteiger partial charge in [-0.2, -0.15) is 0 Å². The molecule has 0 unspecified atom stereocenters. The van der Waals surface area contributed by atoms with Crippen LogP contribution in [0.4, 0.5) is 11.4 Å². The molecule has 3 rings (SSSR count). The zero-order chi connectivity index (χ0) is 19.9. The molecule has 1 aliphatic heterocycles. The van der Waals surface area contributed by atoms with E-state index in [9.17, 15) is 4.79 Å². The third-order valence-electron chi connectivity index (χ3n) is 4.42. The number of benzene rings is 2. The first kappa shape index (κ1) is 20.4. The lowest BCUT2D eigenvalue weighted by Crippen LogP contribution is -2.36. The Morgan fingerprint density at radius 1 is 1.25 bits per heavy atom. The van der Waals surface area contributed by atoms with Crippen molar-refractivity contribution in [2.24, 2.45) is 4.99 Å². The third kappa shape index (κ3) is 5.81. The molecule has 1 fully saturated rings. The van der Waals surface area contributed by atoms with Crippen molar-refractivity contribution in [1.82, 2.24) is 5.32 Å². The minimum absolute atomic E-state index is 0.105. The summed E-state index contributed by atoms with van der Waals surface area (Å²) in [7, 11) is 3.89. The van der Waals surface area contributed by atoms with Gasteiger partial charge in [0.05, 0.1) is 12.6 Å². The van der Waals surface area contributed by atoms with E-state index in [1.807, 2.05) is 61.5 Å². The maximum Gasteiger partial charge on any atom is 0.258 e. The second kappa shape index (κ2) is 9.71. The van der Waals surface area contributed by atoms with Gasteiger partial charge in [-0.15, -0.1) is 0 Å². The summed E-state index contributed by atoms with van der Waals surface area (Å²) < 4.78 is 6.59. The van der Waals surface area contributed by atoms with Crippen molar-refractivity contribution >= 4 is 39.2 Å². The molecule has 148 valence electrons. The molecule has 0 radical (unpaired) electrons. The van der Waals surface area contributed by atoms with E-state index in [1.165, 1.54) is 0 Å². The van der Waals surface area contributed by atoms with Gasteiger partial charge >= 0.3 is 0 Å². The molecule has 2 N–H and O–H groups in total. The van der Waals surface area contributed by atoms with Crippen LogP contribution >= 0.6 is 15.9 Å². The maximum absolute atomic E-state index is 12.8. The van der Waals surface area contributed by atoms with Gasteiger partial charge in [-0.1, -0.05) is 28.1 Å². The van der Waals surface area contributed by atoms with Crippen LogP contribution < -0.4 is 15.5 Å². The first-order chi connectivity index (χ1) is 13.5. The smallest absolute Gasteiger partial charge is 0.258 e. The second-order valence-corrected chi connectivity index (χ2v) is 7.77. The number of nitrogens with zero attached hydrogens (tertiary/aromatic N) is 2. The number of hydrogen-bond donors (Lipinski definition) is 2. The van der Waals surface area contributed by atoms with Crippen molar-refractivity contribution < 1.29 is 9.53 Å². The first-order valence-corrected chi connectivity index (χ1v) is 10.1. The van der Waals surface area contributed by atoms with Gasteiger partial charge in [0.15, 0.2) is 0 Å². The van der Waals surface area contributed by atoms with Crippen LogP contribution in [0.5, 0.6) is 0 Å². The van der Waals surface area contributed by atoms with Gasteiger partial charge in [-0.25, -0.2) is 4.99 Å². The fourth-order valence-corrected chi connectivity index (χ4v) is 3.30. The number of nitrogens with one attached hydrogen (secondary N) is 2. The molecule has 1 amide bonds. The van der Waals surface area contributed by atoms with Gasteiger partial charge in [0, 0.05) is 42.1 Å². The predicted octanol–water partition coefficient (Wildman–Crippen LogP) is 3.89. The Balaban J connectivity index is 1.76. The Morgan fingerprint density at radius 3 is 2.79 bits per heavy atom. The summed E-state index contributed by atoms with van der Waals surface area (Å²) in [6.45, 7) is 1.28. The van der Waals surface area contributed by atoms with Gasteiger partial charge in [0.2, 0.25) is 5.96 Å². The molecule has 7 heteroatoms. The van der Waals surface area contributed by atoms with Crippen molar-refractivity contribution in [3.05, 3.63) is 58.6 Å². The van der Waals surface area contributed by atoms with Crippen LogP contribution in [-0.2, 0) is 4.74 Å². The van der Waals surface area contributed by atoms with E-state index in [0.717, 1.165) is 35.3 Å². The quantitative estimate of drug-likeness (QED) is 0.542. The van der Waals surface area contributed by atoms with E-state index in [2.05, 4.69) is 31.6 Å². The van der Waals surface area contributed by atoms with E-state index < -0.39 is 0 Å². The number of aliphatic imine (C=N–C) groups is 1. The molecule has 28 heavy (non-hydrogen) atoms. The van der Waals surface area contributed by atoms with Gasteiger partial charge in [-0.05, 0) is 49.2 Å². The largest absolute Gasteiger partial charge is 0.378 e. The van der Waals surface area contributed by atoms with Gasteiger partial charge < -0.3 is 15.0 Å². The van der Waals surface area contributed by atoms with E-state index in [1.54, 1.807) is 6.07 Å². The van der Waals surface area contributed by atoms with Crippen molar-refractivity contribution in [1.29, 1.82) is 0 Å². The van der Waals surface area contributed by atoms with Crippen LogP contribution in [-0.4, -0.2) is 45.2 Å². The lowest BCUT2D eigenvalue weighted by molar-refractivity contribution is 0.0975. The molecule has 1 aliphatic rings. The summed E-state index contributed by atoms with van der Waals surface area (Å²) in [6.07, 6.45) is 2.15. The summed E-state index contributed by atoms with van der Waals surface area (Å²) >= 11 is 3.46. The Kier molecular flexibility index (Phi) is 7.06. The van der Waals surface area contributed by atoms with Crippen LogP contribution in [0.15, 0.2) is 58.0 Å². The van der Waals surface area contributed by atoms with Gasteiger partial charge in [-0.3, -0.25) is 10.1 Å². The summed E-state index contributed by atoms with van der Waals surface area (Å²) in [5.74, 6) is 0.200. The van der Waals surface area contributed by atoms with Crippen LogP contribution in [0.3, 0.4) is 0 Å². The van der Waals surface area contributed by atoms with Crippen molar-refractivity contribution in [2.75, 3.05) is 37.5 Å². The molecule has 2 aromatic rings. The van der Waals surface area contributed by atoms with Crippen molar-refractivity contribution in [2.45, 2.75) is 18.9 Å². The van der Waals surface area contributed by atoms with E-state index in [4.69, 9.17) is 4.74 Å². The molecule has 0 saturated carbocycles. The molecular formula is C21H25BrN4O2. The zero-order valence-electron chi connectivity index (χ0n) is 16.1. The first-order valence-electron chi connectivity index (χ1n) is 9.28. The van der Waals surface area contributed by atoms with Crippen LogP contribution in [0.2, 0.25) is 0 Å². The number of amides is 1. The Morgan fingerprint density at radius 2 is 2.07 bits per heavy atom. The number of halogens is 1. The molecular weight excluding hydrogens is 420 g/mol. The normalized spacial score (nSPS) is 16.7. The molecule has 0 aliphatic carbocycles. The Labute approximate surface area is 174 Å². The zero-order valence-corrected chi connectivity index (χ0v) is 17.7. The van der Waals surface area contributed by atoms with E-state index in [-0.39, 0.29) is 12.0 Å². The highest BCUT2D eigenvalue weighted by atomic mass is 79.9. The maximum atomic E-state index is 12.8. The van der Waals surface area contributed by atoms with Gasteiger partial charge in [0.25, 0.3) is 5.91 Å². The Hall–Kier alpha value is -2.38. The molecule has 1 atom stereocenters. The van der Waals surface area contributed by atoms with Crippen LogP contribution in [0.25, 0.3) is 0 Å². The van der Waals surface area contributed by atoms with Gasteiger partial charge in [0.1, 0.15) is 0 Å². The number of ether oxygens (including phenoxy) is 1. The lowest BCUT2D eigenvalue weighted by atomic mass is 10.2. The molecule has 1 saturated heterocycles. The molecule has 1 heterocycles. The van der Waals surface area contributed by atoms with Crippen molar-refractivity contribution in [3.63, 3.8) is 0 Å². The average molecular weight is 445 g/mol. The number of carbonyl (C=O) groups is 1. The summed E-state index contributed by atoms with van der Waals surface area (Å²) in [5, 5.41) is 6.11. The molecule has 0 aromatic heterocycles. The average Bonchev–Trinajstić information content (AvgIpc) is 3.20. The molecule has 0 spiro atoms. The third-order valence-corrected chi connectivity index (χ3v) is 4.91. The topological polar surface area (TPSA) is 66.0 Å². The Bertz CT molecular complexity index is 848. The summed E-state index contributed by atoms with van der Waals surface area (Å²) in [5.41, 5.74) is 2.38. The van der Waals surface area contributed by atoms with Crippen LogP contribution in [0.1, 0.15) is 23.2 Å². The second-order valence-electron chi connectivity index (χ2n) is 6.86. The van der Waals surface area contributed by atoms with Crippen LogP contribution in [0, 0.1) is 0 Å². The number of rotatable bonds is 5. The molecule has 6 nitrogen and oxygen atoms in total. The highest BCUT2D eigenvalue weighted by Crippen LogP contribution is 2.17. The van der Waals surface area contributed by atoms with E-state index >= 15 is 0 Å². The van der Waals surface area contributed by atoms with Crippen molar-refractivity contribution in [3.8, 4) is 0 Å². The fourth-order valence-electron chi connectivity index (χ4n) is 2.90. The summed E-state index contributed by atoms with van der Waals surface area (Å²) in [4.78, 5) is 19.3. The number of hydrogen-bond acceptors (Lipinski definition) is 4. The fraction of sp³-hybridized carbons (Fsp3) is 0.333. The monoisotopic (exact) mass is 444 g/mol. The number of carbonyl (C=O) groups excluding carboxylic acids is 1. The lowest BCUT2D eigenvalue weighted by Gasteiger charge is -2.15. The minimum Gasteiger partial charge on any atom is -0.378 e. The standard InChI is InChI=1S/C21H25BrN4O2/c1-26(2)18-9-3-6-15(12-18)20(27)25-21(23-14-19-10-5-11-28-19)24-17-8-4-7-16(22)13-17/h3-4,6-9,12-13,19H,5,10-11,14H2,1-2H3,(H2,23,24,25,27)/t19-/m1/s1. The SMILES string of the molecule is CN(C)c1cccc(C(=O)NC(=NC[C@H]2CCCO2)Nc2cccc(Br)c2)c1. The molecule has 2 aromatic carbocycles. The number of anilines is 2.